The van der Waals surface area contributed by atoms with Crippen LogP contribution in [0.25, 0.3) is 0 Å². The second-order valence-electron chi connectivity index (χ2n) is 5.04. The molecule has 22 heavy (non-hydrogen) atoms. The van der Waals surface area contributed by atoms with E-state index in [1.807, 2.05) is 30.3 Å². The summed E-state index contributed by atoms with van der Waals surface area (Å²) in [6.07, 6.45) is 1.64. The van der Waals surface area contributed by atoms with Crippen LogP contribution in [0.2, 0.25) is 0 Å². The van der Waals surface area contributed by atoms with E-state index in [0.29, 0.717) is 11.5 Å². The van der Waals surface area contributed by atoms with Crippen molar-refractivity contribution in [1.29, 1.82) is 0 Å². The summed E-state index contributed by atoms with van der Waals surface area (Å²) in [5, 5.41) is 9.92. The lowest BCUT2D eigenvalue weighted by Gasteiger charge is -2.11. The number of methoxy groups -OCH3 is 2. The van der Waals surface area contributed by atoms with Crippen LogP contribution in [0, 0.1) is 0 Å². The predicted molar refractivity (Wildman–Crippen MR) is 81.2 cm³/mol. The monoisotopic (exact) mass is 302 g/mol. The number of hydrogen-bond donors (Lipinski definition) is 1. The van der Waals surface area contributed by atoms with Crippen LogP contribution < -0.4 is 18.9 Å². The average Bonchev–Trinajstić information content (AvgIpc) is 3.01. The fourth-order valence-electron chi connectivity index (χ4n) is 2.48. The number of rotatable bonds is 5. The molecule has 1 aliphatic heterocycles. The molecule has 0 aliphatic carbocycles. The van der Waals surface area contributed by atoms with E-state index in [1.165, 1.54) is 14.2 Å². The summed E-state index contributed by atoms with van der Waals surface area (Å²) in [4.78, 5) is 0. The number of aryl methyl sites for hydroxylation is 2. The van der Waals surface area contributed by atoms with Crippen LogP contribution in [0.1, 0.15) is 11.1 Å². The Morgan fingerprint density at radius 2 is 1.55 bits per heavy atom. The Bertz CT molecular complexity index is 656. The minimum atomic E-state index is 0.0248. The molecule has 2 aromatic carbocycles. The van der Waals surface area contributed by atoms with Gasteiger partial charge in [0.05, 0.1) is 14.2 Å². The molecule has 1 N–H and O–H groups in total. The first-order valence-corrected chi connectivity index (χ1v) is 7.03. The maximum absolute atomic E-state index is 9.92. The Balaban J connectivity index is 1.76. The lowest BCUT2D eigenvalue weighted by Crippen LogP contribution is -1.95. The summed E-state index contributed by atoms with van der Waals surface area (Å²) < 4.78 is 21.0. The molecule has 116 valence electrons. The minimum absolute atomic E-state index is 0.0248. The fraction of sp³-hybridized carbons (Fsp3) is 0.294. The first-order chi connectivity index (χ1) is 10.7. The molecule has 0 fully saturated rings. The van der Waals surface area contributed by atoms with Crippen molar-refractivity contribution in [1.82, 2.24) is 0 Å². The van der Waals surface area contributed by atoms with Crippen LogP contribution in [0.5, 0.6) is 28.7 Å². The smallest absolute Gasteiger partial charge is 0.231 e. The van der Waals surface area contributed by atoms with Gasteiger partial charge in [-0.3, -0.25) is 0 Å². The molecule has 1 aliphatic rings. The standard InChI is InChI=1S/C17H18O5/c1-19-15-8-12(9-16(20-2)17(15)18)4-3-11-5-6-13-14(7-11)22-10-21-13/h5-9,18H,3-4,10H2,1-2H3. The highest BCUT2D eigenvalue weighted by Crippen LogP contribution is 2.37. The second kappa shape index (κ2) is 6.05. The topological polar surface area (TPSA) is 57.2 Å². The van der Waals surface area contributed by atoms with Gasteiger partial charge in [-0.25, -0.2) is 0 Å². The molecule has 2 aromatic rings. The average molecular weight is 302 g/mol. The molecule has 0 bridgehead atoms. The zero-order valence-corrected chi connectivity index (χ0v) is 12.6. The van der Waals surface area contributed by atoms with Gasteiger partial charge in [0.25, 0.3) is 0 Å². The summed E-state index contributed by atoms with van der Waals surface area (Å²) >= 11 is 0. The highest BCUT2D eigenvalue weighted by Gasteiger charge is 2.14. The van der Waals surface area contributed by atoms with E-state index in [9.17, 15) is 5.11 Å². The summed E-state index contributed by atoms with van der Waals surface area (Å²) in [7, 11) is 3.05. The number of aromatic hydroxyl groups is 1. The van der Waals surface area contributed by atoms with Crippen molar-refractivity contribution in [3.8, 4) is 28.7 Å². The maximum Gasteiger partial charge on any atom is 0.231 e. The number of benzene rings is 2. The first-order valence-electron chi connectivity index (χ1n) is 7.03. The van der Waals surface area contributed by atoms with Crippen molar-refractivity contribution in [2.24, 2.45) is 0 Å². The summed E-state index contributed by atoms with van der Waals surface area (Å²) in [6.45, 7) is 0.283. The van der Waals surface area contributed by atoms with Gasteiger partial charge in [-0.2, -0.15) is 0 Å². The molecule has 5 nitrogen and oxygen atoms in total. The van der Waals surface area contributed by atoms with Crippen molar-refractivity contribution < 1.29 is 24.1 Å². The van der Waals surface area contributed by atoms with Gasteiger partial charge in [-0.15, -0.1) is 0 Å². The van der Waals surface area contributed by atoms with E-state index in [4.69, 9.17) is 18.9 Å². The van der Waals surface area contributed by atoms with Crippen LogP contribution in [-0.4, -0.2) is 26.1 Å². The molecular weight excluding hydrogens is 284 g/mol. The van der Waals surface area contributed by atoms with Crippen molar-refractivity contribution in [2.45, 2.75) is 12.8 Å². The zero-order chi connectivity index (χ0) is 15.5. The second-order valence-corrected chi connectivity index (χ2v) is 5.04. The zero-order valence-electron chi connectivity index (χ0n) is 12.6. The third-order valence-corrected chi connectivity index (χ3v) is 3.68. The molecular formula is C17H18O5. The van der Waals surface area contributed by atoms with Gasteiger partial charge < -0.3 is 24.1 Å². The van der Waals surface area contributed by atoms with Crippen molar-refractivity contribution >= 4 is 0 Å². The molecule has 0 radical (unpaired) electrons. The number of ether oxygens (including phenoxy) is 4. The summed E-state index contributed by atoms with van der Waals surface area (Å²) in [5.41, 5.74) is 2.19. The number of phenols is 1. The molecule has 0 unspecified atom stereocenters. The van der Waals surface area contributed by atoms with Gasteiger partial charge in [0.15, 0.2) is 23.0 Å². The van der Waals surface area contributed by atoms with E-state index < -0.39 is 0 Å². The third-order valence-electron chi connectivity index (χ3n) is 3.68. The van der Waals surface area contributed by atoms with Crippen LogP contribution in [-0.2, 0) is 12.8 Å². The Hall–Kier alpha value is -2.56. The van der Waals surface area contributed by atoms with Gasteiger partial charge in [-0.1, -0.05) is 6.07 Å². The normalized spacial score (nSPS) is 12.3. The van der Waals surface area contributed by atoms with Gasteiger partial charge in [-0.05, 0) is 48.2 Å². The van der Waals surface area contributed by atoms with Gasteiger partial charge in [0.2, 0.25) is 12.5 Å². The van der Waals surface area contributed by atoms with E-state index in [1.54, 1.807) is 0 Å². The highest BCUT2D eigenvalue weighted by molar-refractivity contribution is 5.53. The van der Waals surface area contributed by atoms with E-state index in [2.05, 4.69) is 0 Å². The van der Waals surface area contributed by atoms with E-state index >= 15 is 0 Å². The molecule has 0 atom stereocenters. The fourth-order valence-corrected chi connectivity index (χ4v) is 2.48. The highest BCUT2D eigenvalue weighted by atomic mass is 16.7. The lowest BCUT2D eigenvalue weighted by atomic mass is 10.0. The molecule has 0 saturated heterocycles. The predicted octanol–water partition coefficient (Wildman–Crippen LogP) is 2.92. The number of fused-ring (bicyclic) bond motifs is 1. The first kappa shape index (κ1) is 14.4. The quantitative estimate of drug-likeness (QED) is 0.920. The molecule has 1 heterocycles. The summed E-state index contributed by atoms with van der Waals surface area (Å²) in [6, 6.07) is 9.60. The number of hydrogen-bond acceptors (Lipinski definition) is 5. The Morgan fingerprint density at radius 1 is 0.909 bits per heavy atom. The molecule has 3 rings (SSSR count). The van der Waals surface area contributed by atoms with Gasteiger partial charge in [0, 0.05) is 0 Å². The molecule has 0 spiro atoms. The van der Waals surface area contributed by atoms with E-state index in [-0.39, 0.29) is 12.5 Å². The van der Waals surface area contributed by atoms with E-state index in [0.717, 1.165) is 35.5 Å². The lowest BCUT2D eigenvalue weighted by molar-refractivity contribution is 0.174. The summed E-state index contributed by atoms with van der Waals surface area (Å²) in [5.74, 6) is 2.44. The van der Waals surface area contributed by atoms with Crippen molar-refractivity contribution in [2.75, 3.05) is 21.0 Å². The van der Waals surface area contributed by atoms with Crippen molar-refractivity contribution in [3.05, 3.63) is 41.5 Å². The Kier molecular flexibility index (Phi) is 3.96. The molecule has 0 saturated carbocycles. The van der Waals surface area contributed by atoms with Gasteiger partial charge >= 0.3 is 0 Å². The van der Waals surface area contributed by atoms with Crippen LogP contribution >= 0.6 is 0 Å². The molecule has 0 aromatic heterocycles. The SMILES string of the molecule is COc1cc(CCc2ccc3c(c2)OCO3)cc(OC)c1O. The number of phenolic OH excluding ortho intramolecular Hbond substituents is 1. The Morgan fingerprint density at radius 3 is 2.23 bits per heavy atom. The maximum atomic E-state index is 9.92. The largest absolute Gasteiger partial charge is 0.502 e. The Labute approximate surface area is 129 Å². The van der Waals surface area contributed by atoms with Crippen LogP contribution in [0.3, 0.4) is 0 Å². The molecule has 5 heteroatoms. The molecule has 0 amide bonds. The van der Waals surface area contributed by atoms with Crippen LogP contribution in [0.4, 0.5) is 0 Å². The minimum Gasteiger partial charge on any atom is -0.502 e. The van der Waals surface area contributed by atoms with Gasteiger partial charge in [0.1, 0.15) is 0 Å². The van der Waals surface area contributed by atoms with Crippen LogP contribution in [0.15, 0.2) is 30.3 Å². The van der Waals surface area contributed by atoms with Crippen molar-refractivity contribution in [3.63, 3.8) is 0 Å². The third kappa shape index (κ3) is 2.74.